The summed E-state index contributed by atoms with van der Waals surface area (Å²) in [6.45, 7) is 4.16. The number of carbonyl (C=O) groups is 3. The van der Waals surface area contributed by atoms with Crippen LogP contribution < -0.4 is 16.0 Å². The number of amides is 3. The molecule has 9 heteroatoms. The van der Waals surface area contributed by atoms with Gasteiger partial charge in [-0.15, -0.1) is 11.3 Å². The predicted molar refractivity (Wildman–Crippen MR) is 124 cm³/mol. The molecule has 32 heavy (non-hydrogen) atoms. The average Bonchev–Trinajstić information content (AvgIpc) is 3.19. The molecular formula is C23H26N4O4S. The molecule has 0 radical (unpaired) electrons. The van der Waals surface area contributed by atoms with Crippen LogP contribution in [0.4, 0.5) is 4.79 Å². The summed E-state index contributed by atoms with van der Waals surface area (Å²) in [6, 6.07) is 14.3. The second-order valence-corrected chi connectivity index (χ2v) is 8.55. The number of nitrogens with zero attached hydrogens (tertiary/aromatic N) is 1. The molecule has 1 heterocycles. The summed E-state index contributed by atoms with van der Waals surface area (Å²) in [5.41, 5.74) is 2.13. The molecule has 168 valence electrons. The second kappa shape index (κ2) is 11.2. The van der Waals surface area contributed by atoms with Gasteiger partial charge in [-0.05, 0) is 43.7 Å². The second-order valence-electron chi connectivity index (χ2n) is 7.43. The third kappa shape index (κ3) is 7.05. The Hall–Kier alpha value is -3.46. The molecular weight excluding hydrogens is 428 g/mol. The molecule has 0 bridgehead atoms. The van der Waals surface area contributed by atoms with Crippen molar-refractivity contribution < 1.29 is 19.1 Å². The van der Waals surface area contributed by atoms with Crippen molar-refractivity contribution in [3.05, 3.63) is 64.7 Å². The number of fused-ring (bicyclic) bond motifs is 1. The van der Waals surface area contributed by atoms with E-state index in [9.17, 15) is 14.4 Å². The Balaban J connectivity index is 1.36. The van der Waals surface area contributed by atoms with Crippen molar-refractivity contribution in [1.82, 2.24) is 20.9 Å². The van der Waals surface area contributed by atoms with Gasteiger partial charge in [-0.2, -0.15) is 0 Å². The standard InChI is InChI=1S/C23H26N4O4S/c1-15(2)26-23(30)25-13-16-7-9-17(10-8-16)22(29)31-14-20(28)24-12-11-21-27-18-5-3-4-6-19(18)32-21/h3-10,15H,11-14H2,1-2H3,(H,24,28)(H2,25,26,30). The highest BCUT2D eigenvalue weighted by atomic mass is 32.1. The number of carbonyl (C=O) groups excluding carboxylic acids is 3. The van der Waals surface area contributed by atoms with Crippen molar-refractivity contribution in [1.29, 1.82) is 0 Å². The molecule has 3 N–H and O–H groups in total. The minimum Gasteiger partial charge on any atom is -0.452 e. The van der Waals surface area contributed by atoms with Crippen LogP contribution in [0.2, 0.25) is 0 Å². The first-order valence-electron chi connectivity index (χ1n) is 10.3. The number of ether oxygens (including phenoxy) is 1. The number of hydrogen-bond acceptors (Lipinski definition) is 6. The summed E-state index contributed by atoms with van der Waals surface area (Å²) < 4.78 is 6.19. The summed E-state index contributed by atoms with van der Waals surface area (Å²) in [4.78, 5) is 40.3. The van der Waals surface area contributed by atoms with Gasteiger partial charge < -0.3 is 20.7 Å². The van der Waals surface area contributed by atoms with Crippen LogP contribution in [0.15, 0.2) is 48.5 Å². The van der Waals surface area contributed by atoms with Gasteiger partial charge in [0.25, 0.3) is 5.91 Å². The molecule has 0 unspecified atom stereocenters. The molecule has 0 fully saturated rings. The van der Waals surface area contributed by atoms with Gasteiger partial charge in [0.15, 0.2) is 6.61 Å². The number of rotatable bonds is 9. The molecule has 0 saturated heterocycles. The number of aromatic nitrogens is 1. The Labute approximate surface area is 190 Å². The van der Waals surface area contributed by atoms with E-state index in [4.69, 9.17) is 4.74 Å². The van der Waals surface area contributed by atoms with Gasteiger partial charge in [0.05, 0.1) is 20.8 Å². The Morgan fingerprint density at radius 3 is 2.50 bits per heavy atom. The fourth-order valence-electron chi connectivity index (χ4n) is 2.86. The third-order valence-electron chi connectivity index (χ3n) is 4.40. The van der Waals surface area contributed by atoms with E-state index >= 15 is 0 Å². The predicted octanol–water partition coefficient (Wildman–Crippen LogP) is 3.02. The van der Waals surface area contributed by atoms with E-state index in [0.717, 1.165) is 20.8 Å². The normalized spacial score (nSPS) is 10.7. The van der Waals surface area contributed by atoms with E-state index < -0.39 is 5.97 Å². The van der Waals surface area contributed by atoms with E-state index in [-0.39, 0.29) is 24.6 Å². The Kier molecular flexibility index (Phi) is 8.15. The maximum Gasteiger partial charge on any atom is 0.338 e. The number of thiazole rings is 1. The highest BCUT2D eigenvalue weighted by molar-refractivity contribution is 7.18. The van der Waals surface area contributed by atoms with E-state index in [0.29, 0.717) is 25.1 Å². The maximum absolute atomic E-state index is 12.2. The highest BCUT2D eigenvalue weighted by Gasteiger charge is 2.11. The Bertz CT molecular complexity index is 1050. The first kappa shape index (κ1) is 23.2. The molecule has 3 rings (SSSR count). The lowest BCUT2D eigenvalue weighted by Gasteiger charge is -2.10. The van der Waals surface area contributed by atoms with Gasteiger partial charge in [0, 0.05) is 25.6 Å². The summed E-state index contributed by atoms with van der Waals surface area (Å²) in [6.07, 6.45) is 0.615. The van der Waals surface area contributed by atoms with E-state index in [1.54, 1.807) is 35.6 Å². The molecule has 0 spiro atoms. The molecule has 0 aliphatic heterocycles. The minimum atomic E-state index is -0.580. The van der Waals surface area contributed by atoms with E-state index in [2.05, 4.69) is 20.9 Å². The molecule has 1 aromatic heterocycles. The van der Waals surface area contributed by atoms with E-state index in [1.165, 1.54) is 0 Å². The highest BCUT2D eigenvalue weighted by Crippen LogP contribution is 2.21. The van der Waals surface area contributed by atoms with Crippen LogP contribution in [0.25, 0.3) is 10.2 Å². The zero-order valence-corrected chi connectivity index (χ0v) is 18.8. The van der Waals surface area contributed by atoms with Gasteiger partial charge in [-0.3, -0.25) is 4.79 Å². The first-order chi connectivity index (χ1) is 15.4. The lowest BCUT2D eigenvalue weighted by molar-refractivity contribution is -0.124. The summed E-state index contributed by atoms with van der Waals surface area (Å²) >= 11 is 1.60. The molecule has 0 saturated carbocycles. The topological polar surface area (TPSA) is 109 Å². The fourth-order valence-corrected chi connectivity index (χ4v) is 3.82. The molecule has 3 aromatic rings. The van der Waals surface area contributed by atoms with E-state index in [1.807, 2.05) is 38.1 Å². The minimum absolute atomic E-state index is 0.0526. The van der Waals surface area contributed by atoms with Crippen molar-refractivity contribution in [2.45, 2.75) is 32.9 Å². The average molecular weight is 455 g/mol. The SMILES string of the molecule is CC(C)NC(=O)NCc1ccc(C(=O)OCC(=O)NCCc2nc3ccccc3s2)cc1. The largest absolute Gasteiger partial charge is 0.452 e. The van der Waals surface area contributed by atoms with Crippen molar-refractivity contribution in [2.24, 2.45) is 0 Å². The van der Waals surface area contributed by atoms with Crippen LogP contribution in [0.5, 0.6) is 0 Å². The molecule has 2 aromatic carbocycles. The van der Waals surface area contributed by atoms with Crippen molar-refractivity contribution in [3.8, 4) is 0 Å². The van der Waals surface area contributed by atoms with Crippen LogP contribution in [0, 0.1) is 0 Å². The lowest BCUT2D eigenvalue weighted by Crippen LogP contribution is -2.39. The van der Waals surface area contributed by atoms with Crippen LogP contribution in [-0.2, 0) is 22.5 Å². The zero-order valence-electron chi connectivity index (χ0n) is 18.0. The molecule has 3 amide bonds. The van der Waals surface area contributed by atoms with Crippen LogP contribution in [0.3, 0.4) is 0 Å². The molecule has 0 atom stereocenters. The van der Waals surface area contributed by atoms with Gasteiger partial charge in [-0.25, -0.2) is 14.6 Å². The van der Waals surface area contributed by atoms with Crippen molar-refractivity contribution in [3.63, 3.8) is 0 Å². The number of urea groups is 1. The van der Waals surface area contributed by atoms with Gasteiger partial charge >= 0.3 is 12.0 Å². The van der Waals surface area contributed by atoms with Gasteiger partial charge in [0.1, 0.15) is 0 Å². The molecule has 0 aliphatic rings. The number of benzene rings is 2. The Morgan fingerprint density at radius 1 is 1.03 bits per heavy atom. The van der Waals surface area contributed by atoms with Crippen LogP contribution >= 0.6 is 11.3 Å². The zero-order chi connectivity index (χ0) is 22.9. The molecule has 0 aliphatic carbocycles. The number of esters is 1. The summed E-state index contributed by atoms with van der Waals surface area (Å²) in [5.74, 6) is -0.945. The lowest BCUT2D eigenvalue weighted by atomic mass is 10.1. The quantitative estimate of drug-likeness (QED) is 0.431. The van der Waals surface area contributed by atoms with Crippen LogP contribution in [-0.4, -0.2) is 42.1 Å². The van der Waals surface area contributed by atoms with Crippen molar-refractivity contribution in [2.75, 3.05) is 13.2 Å². The smallest absolute Gasteiger partial charge is 0.338 e. The van der Waals surface area contributed by atoms with Gasteiger partial charge in [-0.1, -0.05) is 24.3 Å². The summed E-state index contributed by atoms with van der Waals surface area (Å²) in [7, 11) is 0. The monoisotopic (exact) mass is 454 g/mol. The first-order valence-corrected chi connectivity index (χ1v) is 11.1. The molecule has 8 nitrogen and oxygen atoms in total. The fraction of sp³-hybridized carbons (Fsp3) is 0.304. The third-order valence-corrected chi connectivity index (χ3v) is 5.49. The number of nitrogens with one attached hydrogen (secondary N) is 3. The van der Waals surface area contributed by atoms with Crippen molar-refractivity contribution >= 4 is 39.5 Å². The van der Waals surface area contributed by atoms with Crippen LogP contribution in [0.1, 0.15) is 34.8 Å². The number of para-hydroxylation sites is 1. The Morgan fingerprint density at radius 2 is 1.78 bits per heavy atom. The number of hydrogen-bond donors (Lipinski definition) is 3. The summed E-state index contributed by atoms with van der Waals surface area (Å²) in [5, 5.41) is 9.15. The maximum atomic E-state index is 12.2. The van der Waals surface area contributed by atoms with Gasteiger partial charge in [0.2, 0.25) is 0 Å².